The van der Waals surface area contributed by atoms with Crippen molar-refractivity contribution in [1.82, 2.24) is 0 Å². The molecule has 0 aromatic heterocycles. The maximum Gasteiger partial charge on any atom is 0.460 e. The van der Waals surface area contributed by atoms with Crippen LogP contribution in [0.3, 0.4) is 0 Å². The first-order valence-corrected chi connectivity index (χ1v) is 18.1. The van der Waals surface area contributed by atoms with Crippen LogP contribution in [0.1, 0.15) is 89.9 Å². The largest absolute Gasteiger partial charge is 0.460 e. The predicted octanol–water partition coefficient (Wildman–Crippen LogP) is 10.2. The molecule has 0 N–H and O–H groups in total. The Bertz CT molecular complexity index is 1290. The Morgan fingerprint density at radius 1 is 0.469 bits per heavy atom. The van der Waals surface area contributed by atoms with Crippen molar-refractivity contribution in [2.75, 3.05) is 0 Å². The maximum atomic E-state index is 15.3. The minimum Gasteiger partial charge on any atom is -0.298 e. The number of alkyl halides is 17. The quantitative estimate of drug-likeness (QED) is 0.185. The molecule has 0 spiro atoms. The molecule has 1 atom stereocenters. The molecule has 0 bridgehead atoms. The first-order chi connectivity index (χ1) is 21.9. The Kier molecular flexibility index (Phi) is 11.4. The van der Waals surface area contributed by atoms with Gasteiger partial charge in [-0.2, -0.15) is 83.1 Å². The fourth-order valence-corrected chi connectivity index (χ4v) is 14.6. The van der Waals surface area contributed by atoms with Crippen molar-refractivity contribution < 1.29 is 91.5 Å². The Morgan fingerprint density at radius 3 is 1.18 bits per heavy atom. The third-order valence-electron chi connectivity index (χ3n) is 9.30. The van der Waals surface area contributed by atoms with Gasteiger partial charge in [0.15, 0.2) is 0 Å². The molecule has 0 saturated heterocycles. The van der Waals surface area contributed by atoms with Crippen LogP contribution in [0.5, 0.6) is 0 Å². The Hall–Kier alpha value is -1.26. The Balaban J connectivity index is 2.21. The van der Waals surface area contributed by atoms with Crippen LogP contribution in [0.2, 0.25) is 0 Å². The van der Waals surface area contributed by atoms with Gasteiger partial charge in [-0.15, -0.1) is 10.3 Å². The number of Topliss-reactive ketones (excluding diaryl/α,β-unsaturated/α-hetero) is 1. The molecule has 3 rings (SSSR count). The topological polar surface area (TPSA) is 60.4 Å². The van der Waals surface area contributed by atoms with Crippen LogP contribution in [-0.4, -0.2) is 76.9 Å². The van der Waals surface area contributed by atoms with Gasteiger partial charge in [-0.25, -0.2) is 3.63 Å². The molecule has 0 aromatic rings. The fraction of sp³-hybridized carbons (Fsp3) is 0.962. The number of carbonyl (C=O) groups is 1. The summed E-state index contributed by atoms with van der Waals surface area (Å²) >= 11 is 0. The van der Waals surface area contributed by atoms with Gasteiger partial charge in [-0.1, -0.05) is 44.9 Å². The lowest BCUT2D eigenvalue weighted by Crippen LogP contribution is -2.75. The summed E-state index contributed by atoms with van der Waals surface area (Å²) in [7, 11) is -11.8. The number of ketones is 1. The van der Waals surface area contributed by atoms with E-state index in [9.17, 15) is 79.1 Å². The van der Waals surface area contributed by atoms with E-state index in [2.05, 4.69) is 0 Å². The average Bonchev–Trinajstić information content (AvgIpc) is 3.00. The van der Waals surface area contributed by atoms with E-state index in [1.54, 1.807) is 0 Å². The summed E-state index contributed by atoms with van der Waals surface area (Å²) in [6.45, 7) is 0. The lowest BCUT2D eigenvalue weighted by molar-refractivity contribution is -0.458. The third-order valence-corrected chi connectivity index (χ3v) is 16.3. The molecule has 290 valence electrons. The molecule has 1 unspecified atom stereocenters. The highest BCUT2D eigenvalue weighted by Crippen LogP contribution is 2.72. The SMILES string of the molecule is O=C1CCCCC1S(OS(=O)(=O)C(F)(F)C(F)(F)C(F)(F)C(F)(F)C(F)(F)C(F)(F)C(F)(F)C(F)(F)F)(C1CCCCC1)C1CCCCC1. The molecule has 4 nitrogen and oxygen atoms in total. The van der Waals surface area contributed by atoms with Gasteiger partial charge in [-0.3, -0.25) is 4.79 Å². The summed E-state index contributed by atoms with van der Waals surface area (Å²) in [4.78, 5) is 13.2. The second kappa shape index (κ2) is 13.3. The van der Waals surface area contributed by atoms with Crippen molar-refractivity contribution in [2.24, 2.45) is 0 Å². The number of rotatable bonds is 12. The van der Waals surface area contributed by atoms with E-state index >= 15 is 8.78 Å². The first-order valence-electron chi connectivity index (χ1n) is 14.9. The van der Waals surface area contributed by atoms with Crippen LogP contribution in [-0.2, 0) is 18.5 Å². The first kappa shape index (κ1) is 42.2. The predicted molar refractivity (Wildman–Crippen MR) is 139 cm³/mol. The number of hydrogen-bond acceptors (Lipinski definition) is 4. The third kappa shape index (κ3) is 6.31. The van der Waals surface area contributed by atoms with Crippen molar-refractivity contribution in [3.63, 3.8) is 0 Å². The summed E-state index contributed by atoms with van der Waals surface area (Å²) in [5, 5.41) is -11.6. The molecule has 3 aliphatic carbocycles. The molecule has 3 aliphatic rings. The van der Waals surface area contributed by atoms with Gasteiger partial charge in [0, 0.05) is 16.9 Å². The summed E-state index contributed by atoms with van der Waals surface area (Å²) in [6, 6.07) is 0. The molecule has 0 heterocycles. The summed E-state index contributed by atoms with van der Waals surface area (Å²) in [6.07, 6.45) is -6.21. The van der Waals surface area contributed by atoms with E-state index < -0.39 is 88.9 Å². The van der Waals surface area contributed by atoms with E-state index in [-0.39, 0.29) is 77.0 Å². The average molecular weight is 795 g/mol. The molecule has 0 amide bonds. The smallest absolute Gasteiger partial charge is 0.298 e. The zero-order valence-electron chi connectivity index (χ0n) is 25.0. The number of carbonyl (C=O) groups excluding carboxylic acids is 1. The fourth-order valence-electron chi connectivity index (χ4n) is 6.61. The summed E-state index contributed by atoms with van der Waals surface area (Å²) < 4.78 is 268. The van der Waals surface area contributed by atoms with Gasteiger partial charge in [0.05, 0.1) is 5.25 Å². The van der Waals surface area contributed by atoms with Gasteiger partial charge < -0.3 is 0 Å². The van der Waals surface area contributed by atoms with E-state index in [0.29, 0.717) is 12.8 Å². The van der Waals surface area contributed by atoms with Gasteiger partial charge in [-0.05, 0) is 38.5 Å². The summed E-state index contributed by atoms with van der Waals surface area (Å²) in [5.41, 5.74) is 0. The standard InChI is InChI=1S/C26H31F17O4S2/c27-19(28,21(31,32)23(35,36)25(39,40)41)20(29,30)22(33,34)24(37,38)26(42,43)49(45,46)47-48(15-9-3-1-4-10-15,16-11-5-2-6-12-16)18-14-8-7-13-17(18)44/h15-16,18H,1-14H2. The van der Waals surface area contributed by atoms with Crippen molar-refractivity contribution in [2.45, 2.75) is 153 Å². The van der Waals surface area contributed by atoms with E-state index in [4.69, 9.17) is 3.63 Å². The Morgan fingerprint density at radius 2 is 0.816 bits per heavy atom. The van der Waals surface area contributed by atoms with Crippen LogP contribution in [0.4, 0.5) is 74.6 Å². The molecule has 49 heavy (non-hydrogen) atoms. The van der Waals surface area contributed by atoms with E-state index in [1.165, 1.54) is 0 Å². The molecule has 0 aromatic carbocycles. The number of hydrogen-bond donors (Lipinski definition) is 0. The summed E-state index contributed by atoms with van der Waals surface area (Å²) in [5.74, 6) is -52.8. The highest BCUT2D eigenvalue weighted by atomic mass is 32.3. The number of halogens is 17. The molecular weight excluding hydrogens is 763 g/mol. The molecule has 0 radical (unpaired) electrons. The van der Waals surface area contributed by atoms with Crippen LogP contribution >= 0.6 is 10.3 Å². The normalized spacial score (nSPS) is 23.5. The van der Waals surface area contributed by atoms with Gasteiger partial charge in [0.2, 0.25) is 0 Å². The van der Waals surface area contributed by atoms with Gasteiger partial charge in [0.25, 0.3) is 0 Å². The van der Waals surface area contributed by atoms with Gasteiger partial charge >= 0.3 is 57.1 Å². The molecule has 3 saturated carbocycles. The molecule has 3 fully saturated rings. The van der Waals surface area contributed by atoms with Crippen LogP contribution in [0, 0.1) is 0 Å². The second-order valence-corrected chi connectivity index (χ2v) is 17.7. The van der Waals surface area contributed by atoms with Crippen molar-refractivity contribution in [3.05, 3.63) is 0 Å². The van der Waals surface area contributed by atoms with Gasteiger partial charge in [0.1, 0.15) is 5.78 Å². The molecule has 23 heteroatoms. The van der Waals surface area contributed by atoms with Crippen LogP contribution in [0.15, 0.2) is 0 Å². The van der Waals surface area contributed by atoms with Crippen LogP contribution in [0.25, 0.3) is 0 Å². The Labute approximate surface area is 270 Å². The van der Waals surface area contributed by atoms with Crippen molar-refractivity contribution in [1.29, 1.82) is 0 Å². The minimum absolute atomic E-state index is 0.0456. The highest BCUT2D eigenvalue weighted by Gasteiger charge is 2.96. The van der Waals surface area contributed by atoms with Crippen molar-refractivity contribution in [3.8, 4) is 0 Å². The second-order valence-electron chi connectivity index (χ2n) is 12.4. The lowest BCUT2D eigenvalue weighted by Gasteiger charge is -2.57. The monoisotopic (exact) mass is 794 g/mol. The van der Waals surface area contributed by atoms with E-state index in [0.717, 1.165) is 0 Å². The van der Waals surface area contributed by atoms with Crippen LogP contribution < -0.4 is 0 Å². The minimum atomic E-state index is -8.92. The van der Waals surface area contributed by atoms with E-state index in [1.807, 2.05) is 0 Å². The zero-order chi connectivity index (χ0) is 37.9. The zero-order valence-corrected chi connectivity index (χ0v) is 26.6. The highest BCUT2D eigenvalue weighted by molar-refractivity contribution is 8.34. The van der Waals surface area contributed by atoms with Crippen molar-refractivity contribution >= 4 is 26.2 Å². The molecular formula is C26H31F17O4S2. The molecule has 0 aliphatic heterocycles. The maximum absolute atomic E-state index is 15.3. The lowest BCUT2D eigenvalue weighted by atomic mass is 9.91.